The lowest BCUT2D eigenvalue weighted by Gasteiger charge is -2.11. The van der Waals surface area contributed by atoms with E-state index in [9.17, 15) is 4.39 Å². The summed E-state index contributed by atoms with van der Waals surface area (Å²) in [5.41, 5.74) is 2.52. The van der Waals surface area contributed by atoms with Gasteiger partial charge in [-0.25, -0.2) is 9.38 Å². The molecule has 0 heterocycles. The summed E-state index contributed by atoms with van der Waals surface area (Å²) in [5.74, 6) is 0.411. The summed E-state index contributed by atoms with van der Waals surface area (Å²) < 4.78 is 13.2. The molecule has 0 saturated heterocycles. The first-order valence-electron chi connectivity index (χ1n) is 7.47. The van der Waals surface area contributed by atoms with Crippen LogP contribution in [0.15, 0.2) is 53.5 Å². The van der Waals surface area contributed by atoms with Crippen molar-refractivity contribution in [2.75, 3.05) is 6.54 Å². The molecule has 0 bridgehead atoms. The fraction of sp³-hybridized carbons (Fsp3) is 0.222. The summed E-state index contributed by atoms with van der Waals surface area (Å²) in [5, 5.41) is 15.2. The maximum atomic E-state index is 13.2. The molecular formula is C18H19FN4. The van der Waals surface area contributed by atoms with Crippen LogP contribution >= 0.6 is 0 Å². The van der Waals surface area contributed by atoms with E-state index in [1.165, 1.54) is 12.1 Å². The molecule has 2 aromatic rings. The maximum absolute atomic E-state index is 13.2. The number of nitrogens with one attached hydrogen (secondary N) is 2. The predicted molar refractivity (Wildman–Crippen MR) is 89.2 cm³/mol. The summed E-state index contributed by atoms with van der Waals surface area (Å²) in [7, 11) is 0. The van der Waals surface area contributed by atoms with Gasteiger partial charge in [0, 0.05) is 13.1 Å². The number of rotatable bonds is 5. The van der Waals surface area contributed by atoms with Crippen molar-refractivity contribution >= 4 is 5.96 Å². The fourth-order valence-corrected chi connectivity index (χ4v) is 2.03. The third-order valence-corrected chi connectivity index (χ3v) is 3.20. The number of benzene rings is 2. The molecule has 0 atom stereocenters. The minimum atomic E-state index is -0.256. The van der Waals surface area contributed by atoms with Crippen molar-refractivity contribution in [2.45, 2.75) is 20.0 Å². The number of aliphatic imine (C=N–C) groups is 1. The van der Waals surface area contributed by atoms with Gasteiger partial charge in [0.15, 0.2) is 5.96 Å². The number of nitriles is 1. The molecule has 0 spiro atoms. The Morgan fingerprint density at radius 2 is 1.91 bits per heavy atom. The number of hydrogen-bond acceptors (Lipinski definition) is 2. The van der Waals surface area contributed by atoms with Crippen molar-refractivity contribution in [2.24, 2.45) is 4.99 Å². The fourth-order valence-electron chi connectivity index (χ4n) is 2.03. The van der Waals surface area contributed by atoms with E-state index in [0.717, 1.165) is 17.7 Å². The molecule has 2 N–H and O–H groups in total. The molecule has 2 aromatic carbocycles. The first kappa shape index (κ1) is 16.5. The molecule has 0 radical (unpaired) electrons. The molecule has 0 aromatic heterocycles. The smallest absolute Gasteiger partial charge is 0.191 e. The third-order valence-electron chi connectivity index (χ3n) is 3.20. The minimum Gasteiger partial charge on any atom is -0.357 e. The normalized spacial score (nSPS) is 10.9. The Hall–Kier alpha value is -2.87. The van der Waals surface area contributed by atoms with E-state index in [1.807, 2.05) is 25.1 Å². The Kier molecular flexibility index (Phi) is 6.13. The van der Waals surface area contributed by atoms with Crippen LogP contribution in [0.1, 0.15) is 23.6 Å². The van der Waals surface area contributed by atoms with Gasteiger partial charge in [0.25, 0.3) is 0 Å². The van der Waals surface area contributed by atoms with Crippen molar-refractivity contribution < 1.29 is 4.39 Å². The van der Waals surface area contributed by atoms with Gasteiger partial charge in [-0.3, -0.25) is 0 Å². The zero-order chi connectivity index (χ0) is 16.5. The van der Waals surface area contributed by atoms with Gasteiger partial charge in [-0.05, 0) is 42.3 Å². The standard InChI is InChI=1S/C18H19FN4/c1-2-21-18(23-13-16-4-3-5-17(19)10-16)22-12-15-8-6-14(11-20)7-9-15/h3-10H,2,12-13H2,1H3,(H2,21,22,23). The van der Waals surface area contributed by atoms with Crippen LogP contribution < -0.4 is 10.6 Å². The molecule has 4 nitrogen and oxygen atoms in total. The summed E-state index contributed by atoms with van der Waals surface area (Å²) >= 11 is 0. The zero-order valence-electron chi connectivity index (χ0n) is 13.0. The van der Waals surface area contributed by atoms with Gasteiger partial charge in [-0.2, -0.15) is 5.26 Å². The van der Waals surface area contributed by atoms with Crippen LogP contribution in [0.2, 0.25) is 0 Å². The molecule has 0 unspecified atom stereocenters. The molecule has 0 aliphatic rings. The topological polar surface area (TPSA) is 60.2 Å². The van der Waals surface area contributed by atoms with Gasteiger partial charge in [0.1, 0.15) is 5.82 Å². The maximum Gasteiger partial charge on any atom is 0.191 e. The second-order valence-corrected chi connectivity index (χ2v) is 4.99. The summed E-state index contributed by atoms with van der Waals surface area (Å²) in [6.07, 6.45) is 0. The molecule has 0 amide bonds. The predicted octanol–water partition coefficient (Wildman–Crippen LogP) is 2.95. The van der Waals surface area contributed by atoms with Gasteiger partial charge < -0.3 is 10.6 Å². The average molecular weight is 310 g/mol. The van der Waals surface area contributed by atoms with E-state index >= 15 is 0 Å². The first-order chi connectivity index (χ1) is 11.2. The molecule has 2 rings (SSSR count). The van der Waals surface area contributed by atoms with E-state index in [4.69, 9.17) is 5.26 Å². The number of guanidine groups is 1. The lowest BCUT2D eigenvalue weighted by molar-refractivity contribution is 0.625. The zero-order valence-corrected chi connectivity index (χ0v) is 13.0. The molecule has 0 fully saturated rings. The quantitative estimate of drug-likeness (QED) is 0.659. The van der Waals surface area contributed by atoms with Crippen LogP contribution in [0.25, 0.3) is 0 Å². The van der Waals surface area contributed by atoms with Crippen molar-refractivity contribution in [3.05, 3.63) is 71.0 Å². The van der Waals surface area contributed by atoms with Gasteiger partial charge in [0.2, 0.25) is 0 Å². The van der Waals surface area contributed by atoms with Crippen molar-refractivity contribution in [3.63, 3.8) is 0 Å². The van der Waals surface area contributed by atoms with Crippen LogP contribution in [0.5, 0.6) is 0 Å². The lowest BCUT2D eigenvalue weighted by atomic mass is 10.1. The van der Waals surface area contributed by atoms with Crippen LogP contribution in [0.3, 0.4) is 0 Å². The van der Waals surface area contributed by atoms with Gasteiger partial charge in [-0.1, -0.05) is 24.3 Å². The Balaban J connectivity index is 1.97. The summed E-state index contributed by atoms with van der Waals surface area (Å²) in [4.78, 5) is 4.45. The first-order valence-corrected chi connectivity index (χ1v) is 7.47. The highest BCUT2D eigenvalue weighted by Gasteiger charge is 2.00. The average Bonchev–Trinajstić information content (AvgIpc) is 2.58. The molecule has 118 valence electrons. The molecule has 23 heavy (non-hydrogen) atoms. The molecule has 0 aliphatic heterocycles. The highest BCUT2D eigenvalue weighted by molar-refractivity contribution is 5.79. The van der Waals surface area contributed by atoms with Crippen LogP contribution in [0.4, 0.5) is 4.39 Å². The van der Waals surface area contributed by atoms with E-state index < -0.39 is 0 Å². The monoisotopic (exact) mass is 310 g/mol. The van der Waals surface area contributed by atoms with E-state index in [-0.39, 0.29) is 5.82 Å². The third kappa shape index (κ3) is 5.44. The van der Waals surface area contributed by atoms with Crippen molar-refractivity contribution in [3.8, 4) is 6.07 Å². The van der Waals surface area contributed by atoms with Gasteiger partial charge in [0.05, 0.1) is 18.2 Å². The highest BCUT2D eigenvalue weighted by Crippen LogP contribution is 2.05. The van der Waals surface area contributed by atoms with E-state index in [1.54, 1.807) is 18.2 Å². The Morgan fingerprint density at radius 1 is 1.13 bits per heavy atom. The van der Waals surface area contributed by atoms with Crippen molar-refractivity contribution in [1.29, 1.82) is 5.26 Å². The Bertz CT molecular complexity index is 702. The largest absolute Gasteiger partial charge is 0.357 e. The highest BCUT2D eigenvalue weighted by atomic mass is 19.1. The van der Waals surface area contributed by atoms with Crippen molar-refractivity contribution in [1.82, 2.24) is 10.6 Å². The summed E-state index contributed by atoms with van der Waals surface area (Å²) in [6.45, 7) is 3.73. The number of halogens is 1. The minimum absolute atomic E-state index is 0.256. The molecule has 0 saturated carbocycles. The summed E-state index contributed by atoms with van der Waals surface area (Å²) in [6, 6.07) is 15.9. The van der Waals surface area contributed by atoms with Gasteiger partial charge >= 0.3 is 0 Å². The van der Waals surface area contributed by atoms with Crippen LogP contribution in [-0.2, 0) is 13.1 Å². The molecule has 5 heteroatoms. The van der Waals surface area contributed by atoms with Crippen LogP contribution in [-0.4, -0.2) is 12.5 Å². The number of hydrogen-bond donors (Lipinski definition) is 2. The second kappa shape index (κ2) is 8.54. The Labute approximate surface area is 135 Å². The molecular weight excluding hydrogens is 291 g/mol. The van der Waals surface area contributed by atoms with E-state index in [0.29, 0.717) is 24.6 Å². The SMILES string of the molecule is CCNC(=NCc1cccc(F)c1)NCc1ccc(C#N)cc1. The second-order valence-electron chi connectivity index (χ2n) is 4.99. The van der Waals surface area contributed by atoms with Crippen LogP contribution in [0, 0.1) is 17.1 Å². The lowest BCUT2D eigenvalue weighted by Crippen LogP contribution is -2.36. The number of nitrogens with zero attached hydrogens (tertiary/aromatic N) is 2. The Morgan fingerprint density at radius 3 is 2.57 bits per heavy atom. The molecule has 0 aliphatic carbocycles. The van der Waals surface area contributed by atoms with Gasteiger partial charge in [-0.15, -0.1) is 0 Å². The van der Waals surface area contributed by atoms with E-state index in [2.05, 4.69) is 21.7 Å².